The lowest BCUT2D eigenvalue weighted by Crippen LogP contribution is -2.08. The lowest BCUT2D eigenvalue weighted by Gasteiger charge is -2.14. The van der Waals surface area contributed by atoms with E-state index in [4.69, 9.17) is 4.74 Å². The average Bonchev–Trinajstić information content (AvgIpc) is 2.39. The monoisotopic (exact) mass is 309 g/mol. The highest BCUT2D eigenvalue weighted by molar-refractivity contribution is 9.10. The van der Waals surface area contributed by atoms with Gasteiger partial charge < -0.3 is 9.84 Å². The van der Waals surface area contributed by atoms with Crippen molar-refractivity contribution >= 4 is 26.8 Å². The largest absolute Gasteiger partial charge is 0.386 e. The van der Waals surface area contributed by atoms with Crippen LogP contribution < -0.4 is 0 Å². The van der Waals surface area contributed by atoms with Crippen molar-refractivity contribution in [3.8, 4) is 0 Å². The number of ether oxygens (including phenoxy) is 1. The van der Waals surface area contributed by atoms with Crippen molar-refractivity contribution in [3.63, 3.8) is 0 Å². The summed E-state index contributed by atoms with van der Waals surface area (Å²) in [6.07, 6.45) is 2.05. The van der Waals surface area contributed by atoms with Crippen molar-refractivity contribution in [2.75, 3.05) is 13.2 Å². The molecule has 0 aliphatic heterocycles. The normalized spacial score (nSPS) is 12.8. The Labute approximate surface area is 115 Å². The molecule has 18 heavy (non-hydrogen) atoms. The smallest absolute Gasteiger partial charge is 0.104 e. The molecule has 0 fully saturated rings. The Bertz CT molecular complexity index is 530. The van der Waals surface area contributed by atoms with Crippen molar-refractivity contribution in [2.45, 2.75) is 19.4 Å². The summed E-state index contributed by atoms with van der Waals surface area (Å²) in [6.45, 7) is 3.02. The van der Waals surface area contributed by atoms with Crippen LogP contribution in [0.5, 0.6) is 0 Å². The molecule has 1 atom stereocenters. The van der Waals surface area contributed by atoms with Gasteiger partial charge in [0.15, 0.2) is 0 Å². The molecule has 3 nitrogen and oxygen atoms in total. The Hall–Kier alpha value is -0.970. The minimum absolute atomic E-state index is 0.307. The molecule has 0 amide bonds. The van der Waals surface area contributed by atoms with Crippen LogP contribution in [-0.4, -0.2) is 23.3 Å². The molecule has 1 aromatic carbocycles. The van der Waals surface area contributed by atoms with Gasteiger partial charge in [-0.15, -0.1) is 0 Å². The third-order valence-corrected chi connectivity index (χ3v) is 3.42. The van der Waals surface area contributed by atoms with Gasteiger partial charge in [0.25, 0.3) is 0 Å². The first-order valence-corrected chi connectivity index (χ1v) is 6.82. The molecule has 1 heterocycles. The summed E-state index contributed by atoms with van der Waals surface area (Å²) in [6, 6.07) is 7.69. The number of aromatic nitrogens is 1. The molecule has 0 saturated heterocycles. The number of hydrogen-bond donors (Lipinski definition) is 1. The lowest BCUT2D eigenvalue weighted by atomic mass is 10.1. The van der Waals surface area contributed by atoms with Crippen LogP contribution in [0.1, 0.15) is 25.0 Å². The summed E-state index contributed by atoms with van der Waals surface area (Å²) in [7, 11) is 0. The van der Waals surface area contributed by atoms with Gasteiger partial charge in [-0.2, -0.15) is 0 Å². The third kappa shape index (κ3) is 2.88. The fraction of sp³-hybridized carbons (Fsp3) is 0.357. The van der Waals surface area contributed by atoms with Gasteiger partial charge in [-0.05, 0) is 18.6 Å². The fourth-order valence-electron chi connectivity index (χ4n) is 1.86. The molecule has 0 aliphatic rings. The standard InChI is InChI=1S/C14H16BrNO2/c1-2-8-18-9-13(17)11-5-6-12(15)10-4-3-7-16-14(10)11/h3-7,13,17H,2,8-9H2,1H3. The number of rotatable bonds is 5. The van der Waals surface area contributed by atoms with E-state index in [1.807, 2.05) is 31.2 Å². The molecule has 0 spiro atoms. The van der Waals surface area contributed by atoms with Crippen LogP contribution >= 0.6 is 15.9 Å². The van der Waals surface area contributed by atoms with Crippen LogP contribution in [0.3, 0.4) is 0 Å². The predicted octanol–water partition coefficient (Wildman–Crippen LogP) is 3.46. The van der Waals surface area contributed by atoms with Crippen molar-refractivity contribution in [2.24, 2.45) is 0 Å². The lowest BCUT2D eigenvalue weighted by molar-refractivity contribution is 0.0370. The number of benzene rings is 1. The van der Waals surface area contributed by atoms with E-state index >= 15 is 0 Å². The molecule has 1 N–H and O–H groups in total. The van der Waals surface area contributed by atoms with E-state index in [2.05, 4.69) is 20.9 Å². The third-order valence-electron chi connectivity index (χ3n) is 2.73. The number of aliphatic hydroxyl groups excluding tert-OH is 1. The second kappa shape index (κ2) is 6.27. The van der Waals surface area contributed by atoms with E-state index in [0.29, 0.717) is 13.2 Å². The maximum absolute atomic E-state index is 10.2. The van der Waals surface area contributed by atoms with Crippen molar-refractivity contribution < 1.29 is 9.84 Å². The van der Waals surface area contributed by atoms with Gasteiger partial charge in [0.2, 0.25) is 0 Å². The maximum Gasteiger partial charge on any atom is 0.104 e. The van der Waals surface area contributed by atoms with Gasteiger partial charge in [-0.3, -0.25) is 4.98 Å². The highest BCUT2D eigenvalue weighted by Gasteiger charge is 2.13. The van der Waals surface area contributed by atoms with E-state index in [9.17, 15) is 5.11 Å². The van der Waals surface area contributed by atoms with Gasteiger partial charge in [0.05, 0.1) is 12.1 Å². The molecule has 96 valence electrons. The van der Waals surface area contributed by atoms with Crippen LogP contribution in [0.15, 0.2) is 34.9 Å². The quantitative estimate of drug-likeness (QED) is 0.860. The van der Waals surface area contributed by atoms with Crippen molar-refractivity contribution in [1.82, 2.24) is 4.98 Å². The summed E-state index contributed by atoms with van der Waals surface area (Å²) < 4.78 is 6.37. The maximum atomic E-state index is 10.2. The molecule has 0 saturated carbocycles. The van der Waals surface area contributed by atoms with Gasteiger partial charge in [-0.1, -0.05) is 35.0 Å². The molecular weight excluding hydrogens is 294 g/mol. The van der Waals surface area contributed by atoms with Gasteiger partial charge in [0, 0.05) is 28.2 Å². The highest BCUT2D eigenvalue weighted by Crippen LogP contribution is 2.28. The fourth-order valence-corrected chi connectivity index (χ4v) is 2.31. The van der Waals surface area contributed by atoms with Crippen LogP contribution in [0.4, 0.5) is 0 Å². The Balaban J connectivity index is 2.30. The number of halogens is 1. The number of aliphatic hydroxyl groups is 1. The molecule has 0 radical (unpaired) electrons. The second-order valence-corrected chi connectivity index (χ2v) is 4.98. The molecular formula is C14H16BrNO2. The zero-order valence-electron chi connectivity index (χ0n) is 10.3. The summed E-state index contributed by atoms with van der Waals surface area (Å²) >= 11 is 3.49. The van der Waals surface area contributed by atoms with E-state index in [1.54, 1.807) is 6.20 Å². The van der Waals surface area contributed by atoms with Crippen LogP contribution in [0.25, 0.3) is 10.9 Å². The Morgan fingerprint density at radius 2 is 2.22 bits per heavy atom. The van der Waals surface area contributed by atoms with Crippen molar-refractivity contribution in [3.05, 3.63) is 40.5 Å². The van der Waals surface area contributed by atoms with E-state index in [1.165, 1.54) is 0 Å². The highest BCUT2D eigenvalue weighted by atomic mass is 79.9. The Kier molecular flexibility index (Phi) is 4.69. The van der Waals surface area contributed by atoms with Crippen LogP contribution in [-0.2, 0) is 4.74 Å². The predicted molar refractivity (Wildman–Crippen MR) is 75.5 cm³/mol. The average molecular weight is 310 g/mol. The molecule has 0 bridgehead atoms. The molecule has 1 unspecified atom stereocenters. The molecule has 2 rings (SSSR count). The van der Waals surface area contributed by atoms with Gasteiger partial charge in [0.1, 0.15) is 6.10 Å². The first-order chi connectivity index (χ1) is 8.74. The summed E-state index contributed by atoms with van der Waals surface area (Å²) in [5.74, 6) is 0. The summed E-state index contributed by atoms with van der Waals surface area (Å²) in [5, 5.41) is 11.2. The number of pyridine rings is 1. The van der Waals surface area contributed by atoms with E-state index in [-0.39, 0.29) is 0 Å². The first-order valence-electron chi connectivity index (χ1n) is 6.03. The van der Waals surface area contributed by atoms with Crippen LogP contribution in [0.2, 0.25) is 0 Å². The number of nitrogens with zero attached hydrogens (tertiary/aromatic N) is 1. The minimum Gasteiger partial charge on any atom is -0.386 e. The summed E-state index contributed by atoms with van der Waals surface area (Å²) in [5.41, 5.74) is 1.63. The van der Waals surface area contributed by atoms with E-state index < -0.39 is 6.10 Å². The SMILES string of the molecule is CCCOCC(O)c1ccc(Br)c2cccnc12. The topological polar surface area (TPSA) is 42.4 Å². The number of fused-ring (bicyclic) bond motifs is 1. The Morgan fingerprint density at radius 1 is 1.39 bits per heavy atom. The Morgan fingerprint density at radius 3 is 3.00 bits per heavy atom. The van der Waals surface area contributed by atoms with Crippen molar-refractivity contribution in [1.29, 1.82) is 0 Å². The first kappa shape index (κ1) is 13.5. The zero-order chi connectivity index (χ0) is 13.0. The molecule has 0 aliphatic carbocycles. The molecule has 4 heteroatoms. The van der Waals surface area contributed by atoms with E-state index in [0.717, 1.165) is 27.4 Å². The van der Waals surface area contributed by atoms with Gasteiger partial charge >= 0.3 is 0 Å². The second-order valence-electron chi connectivity index (χ2n) is 4.13. The molecule has 1 aromatic heterocycles. The minimum atomic E-state index is -0.637. The zero-order valence-corrected chi connectivity index (χ0v) is 11.9. The van der Waals surface area contributed by atoms with Crippen LogP contribution in [0, 0.1) is 0 Å². The summed E-state index contributed by atoms with van der Waals surface area (Å²) in [4.78, 5) is 4.35. The molecule has 2 aromatic rings. The number of hydrogen-bond acceptors (Lipinski definition) is 3. The van der Waals surface area contributed by atoms with Gasteiger partial charge in [-0.25, -0.2) is 0 Å².